The van der Waals surface area contributed by atoms with Gasteiger partial charge in [0, 0.05) is 61.8 Å². The maximum absolute atomic E-state index is 12.0. The second kappa shape index (κ2) is 12.0. The number of carbonyl (C=O) groups is 1. The highest BCUT2D eigenvalue weighted by molar-refractivity contribution is 14.0. The summed E-state index contributed by atoms with van der Waals surface area (Å²) in [5.41, 5.74) is 1.79. The second-order valence-corrected chi connectivity index (χ2v) is 7.46. The summed E-state index contributed by atoms with van der Waals surface area (Å²) in [5.74, 6) is 0.622. The minimum atomic E-state index is -0.126. The van der Waals surface area contributed by atoms with Crippen molar-refractivity contribution in [2.75, 3.05) is 38.1 Å². The lowest BCUT2D eigenvalue weighted by Gasteiger charge is -2.20. The summed E-state index contributed by atoms with van der Waals surface area (Å²) in [4.78, 5) is 22.6. The predicted molar refractivity (Wildman–Crippen MR) is 131 cm³/mol. The lowest BCUT2D eigenvalue weighted by atomic mass is 10.2. The van der Waals surface area contributed by atoms with Gasteiger partial charge in [0.05, 0.1) is 5.56 Å². The maximum Gasteiger partial charge on any atom is 0.252 e. The monoisotopic (exact) mass is 572 g/mol. The number of amides is 1. The number of hydrogen-bond acceptors (Lipinski definition) is 4. The van der Waals surface area contributed by atoms with Crippen molar-refractivity contribution in [3.8, 4) is 0 Å². The van der Waals surface area contributed by atoms with Crippen molar-refractivity contribution in [3.63, 3.8) is 0 Å². The molecule has 1 amide bonds. The second-order valence-electron chi connectivity index (χ2n) is 6.55. The van der Waals surface area contributed by atoms with E-state index in [0.717, 1.165) is 29.9 Å². The first-order valence-corrected chi connectivity index (χ1v) is 10.1. The quantitative estimate of drug-likeness (QED) is 0.215. The SMILES string of the molecule is CN=C(NCCNC(=O)c1cccnc1)NC1CCN(c2ccc(Br)cc2)C1.I. The Hall–Kier alpha value is -1.88. The number of nitrogens with one attached hydrogen (secondary N) is 3. The van der Waals surface area contributed by atoms with Gasteiger partial charge >= 0.3 is 0 Å². The first kappa shape index (κ1) is 23.4. The van der Waals surface area contributed by atoms with Crippen molar-refractivity contribution in [3.05, 3.63) is 58.8 Å². The Balaban J connectivity index is 0.00000300. The van der Waals surface area contributed by atoms with E-state index < -0.39 is 0 Å². The normalized spacial score (nSPS) is 16.1. The number of nitrogens with zero attached hydrogens (tertiary/aromatic N) is 3. The number of anilines is 1. The molecule has 2 aromatic rings. The smallest absolute Gasteiger partial charge is 0.252 e. The lowest BCUT2D eigenvalue weighted by Crippen LogP contribution is -2.46. The molecular weight excluding hydrogens is 547 g/mol. The fraction of sp³-hybridized carbons (Fsp3) is 0.350. The number of carbonyl (C=O) groups excluding carboxylic acids is 1. The van der Waals surface area contributed by atoms with Gasteiger partial charge in [0.2, 0.25) is 0 Å². The van der Waals surface area contributed by atoms with Gasteiger partial charge in [-0.25, -0.2) is 0 Å². The zero-order valence-electron chi connectivity index (χ0n) is 16.3. The Morgan fingerprint density at radius 2 is 2.00 bits per heavy atom. The molecule has 9 heteroatoms. The predicted octanol–water partition coefficient (Wildman–Crippen LogP) is 2.64. The first-order valence-electron chi connectivity index (χ1n) is 9.31. The summed E-state index contributed by atoms with van der Waals surface area (Å²) in [6.45, 7) is 3.04. The summed E-state index contributed by atoms with van der Waals surface area (Å²) in [6, 6.07) is 12.2. The fourth-order valence-electron chi connectivity index (χ4n) is 3.11. The van der Waals surface area contributed by atoms with Gasteiger partial charge in [-0.15, -0.1) is 24.0 Å². The van der Waals surface area contributed by atoms with Crippen molar-refractivity contribution in [1.82, 2.24) is 20.9 Å². The molecule has 0 spiro atoms. The number of rotatable bonds is 6. The lowest BCUT2D eigenvalue weighted by molar-refractivity contribution is 0.0954. The number of benzene rings is 1. The van der Waals surface area contributed by atoms with Gasteiger partial charge in [0.1, 0.15) is 0 Å². The van der Waals surface area contributed by atoms with Gasteiger partial charge in [-0.05, 0) is 42.8 Å². The van der Waals surface area contributed by atoms with Crippen LogP contribution < -0.4 is 20.9 Å². The van der Waals surface area contributed by atoms with Gasteiger partial charge < -0.3 is 20.9 Å². The van der Waals surface area contributed by atoms with E-state index in [0.29, 0.717) is 24.7 Å². The van der Waals surface area contributed by atoms with E-state index in [1.165, 1.54) is 5.69 Å². The molecule has 7 nitrogen and oxygen atoms in total. The Bertz CT molecular complexity index is 802. The fourth-order valence-corrected chi connectivity index (χ4v) is 3.37. The van der Waals surface area contributed by atoms with Crippen LogP contribution in [0.1, 0.15) is 16.8 Å². The van der Waals surface area contributed by atoms with Gasteiger partial charge in [-0.3, -0.25) is 14.8 Å². The average molecular weight is 573 g/mol. The van der Waals surface area contributed by atoms with E-state index in [9.17, 15) is 4.79 Å². The molecule has 1 aliphatic rings. The van der Waals surface area contributed by atoms with Crippen LogP contribution in [0.25, 0.3) is 0 Å². The van der Waals surface area contributed by atoms with Gasteiger partial charge in [0.25, 0.3) is 5.91 Å². The zero-order chi connectivity index (χ0) is 19.8. The van der Waals surface area contributed by atoms with E-state index in [4.69, 9.17) is 0 Å². The van der Waals surface area contributed by atoms with Crippen LogP contribution in [-0.2, 0) is 0 Å². The van der Waals surface area contributed by atoms with E-state index in [1.807, 2.05) is 0 Å². The van der Waals surface area contributed by atoms with Crippen LogP contribution in [0, 0.1) is 0 Å². The van der Waals surface area contributed by atoms with E-state index >= 15 is 0 Å². The third-order valence-corrected chi connectivity index (χ3v) is 5.10. The third-order valence-electron chi connectivity index (χ3n) is 4.57. The highest BCUT2D eigenvalue weighted by Crippen LogP contribution is 2.22. The molecule has 1 aromatic carbocycles. The first-order chi connectivity index (χ1) is 13.7. The molecular formula is C20H26BrIN6O. The average Bonchev–Trinajstić information content (AvgIpc) is 3.19. The molecule has 1 aromatic heterocycles. The minimum Gasteiger partial charge on any atom is -0.369 e. The molecule has 1 unspecified atom stereocenters. The Labute approximate surface area is 196 Å². The number of halogens is 2. The Morgan fingerprint density at radius 3 is 2.69 bits per heavy atom. The summed E-state index contributed by atoms with van der Waals surface area (Å²) in [7, 11) is 1.75. The molecule has 0 radical (unpaired) electrons. The highest BCUT2D eigenvalue weighted by Gasteiger charge is 2.23. The van der Waals surface area contributed by atoms with Crippen LogP contribution in [0.4, 0.5) is 5.69 Å². The number of aromatic nitrogens is 1. The molecule has 0 aliphatic carbocycles. The summed E-state index contributed by atoms with van der Waals surface area (Å²) >= 11 is 3.48. The van der Waals surface area contributed by atoms with Crippen molar-refractivity contribution in [1.29, 1.82) is 0 Å². The van der Waals surface area contributed by atoms with Crippen molar-refractivity contribution < 1.29 is 4.79 Å². The van der Waals surface area contributed by atoms with Crippen LogP contribution in [0.15, 0.2) is 58.3 Å². The summed E-state index contributed by atoms with van der Waals surface area (Å²) < 4.78 is 1.09. The summed E-state index contributed by atoms with van der Waals surface area (Å²) in [5, 5.41) is 9.58. The number of aliphatic imine (C=N–C) groups is 1. The molecule has 156 valence electrons. The molecule has 3 N–H and O–H groups in total. The molecule has 2 heterocycles. The number of pyridine rings is 1. The van der Waals surface area contributed by atoms with E-state index in [-0.39, 0.29) is 29.9 Å². The van der Waals surface area contributed by atoms with Crippen LogP contribution in [0.2, 0.25) is 0 Å². The van der Waals surface area contributed by atoms with Crippen molar-refractivity contribution >= 4 is 57.5 Å². The van der Waals surface area contributed by atoms with Gasteiger partial charge in [0.15, 0.2) is 5.96 Å². The zero-order valence-corrected chi connectivity index (χ0v) is 20.2. The topological polar surface area (TPSA) is 81.6 Å². The molecule has 1 fully saturated rings. The van der Waals surface area contributed by atoms with Crippen molar-refractivity contribution in [2.24, 2.45) is 4.99 Å². The maximum atomic E-state index is 12.0. The van der Waals surface area contributed by atoms with Gasteiger partial charge in [-0.2, -0.15) is 0 Å². The molecule has 3 rings (SSSR count). The Morgan fingerprint density at radius 1 is 1.24 bits per heavy atom. The van der Waals surface area contributed by atoms with E-state index in [1.54, 1.807) is 31.6 Å². The van der Waals surface area contributed by atoms with Crippen LogP contribution in [-0.4, -0.2) is 56.1 Å². The van der Waals surface area contributed by atoms with Crippen LogP contribution in [0.3, 0.4) is 0 Å². The molecule has 1 saturated heterocycles. The summed E-state index contributed by atoms with van der Waals surface area (Å²) in [6.07, 6.45) is 4.25. The minimum absolute atomic E-state index is 0. The largest absolute Gasteiger partial charge is 0.369 e. The number of hydrogen-bond donors (Lipinski definition) is 3. The van der Waals surface area contributed by atoms with Crippen LogP contribution in [0.5, 0.6) is 0 Å². The molecule has 1 aliphatic heterocycles. The standard InChI is InChI=1S/C20H25BrN6O.HI/c1-22-20(25-11-10-24-19(28)15-3-2-9-23-13-15)26-17-8-12-27(14-17)18-6-4-16(21)5-7-18;/h2-7,9,13,17H,8,10-12,14H2,1H3,(H,24,28)(H2,22,25,26);1H. The molecule has 1 atom stereocenters. The van der Waals surface area contributed by atoms with Gasteiger partial charge in [-0.1, -0.05) is 15.9 Å². The molecule has 29 heavy (non-hydrogen) atoms. The van der Waals surface area contributed by atoms with Crippen molar-refractivity contribution in [2.45, 2.75) is 12.5 Å². The van der Waals surface area contributed by atoms with Crippen LogP contribution >= 0.6 is 39.9 Å². The van der Waals surface area contributed by atoms with E-state index in [2.05, 4.69) is 71.0 Å². The highest BCUT2D eigenvalue weighted by atomic mass is 127. The molecule has 0 saturated carbocycles. The third kappa shape index (κ3) is 7.14. The Kier molecular flexibility index (Phi) is 9.65. The molecule has 0 bridgehead atoms. The number of guanidine groups is 1.